The molecule has 14 heavy (non-hydrogen) atoms. The van der Waals surface area contributed by atoms with E-state index in [-0.39, 0.29) is 5.69 Å². The molecule has 2 N–H and O–H groups in total. The van der Waals surface area contributed by atoms with E-state index in [0.29, 0.717) is 17.1 Å². The minimum Gasteiger partial charge on any atom is -0.399 e. The van der Waals surface area contributed by atoms with Gasteiger partial charge in [0.1, 0.15) is 0 Å². The van der Waals surface area contributed by atoms with Crippen LogP contribution in [0.3, 0.4) is 0 Å². The van der Waals surface area contributed by atoms with Crippen LogP contribution in [0.15, 0.2) is 24.3 Å². The molecule has 1 aromatic rings. The number of nitrogens with zero attached hydrogens (tertiary/aromatic N) is 1. The summed E-state index contributed by atoms with van der Waals surface area (Å²) in [5.41, 5.74) is 6.50. The van der Waals surface area contributed by atoms with Gasteiger partial charge in [-0.05, 0) is 12.1 Å². The van der Waals surface area contributed by atoms with Crippen LogP contribution in [-0.2, 0) is 0 Å². The topological polar surface area (TPSA) is 69.2 Å². The van der Waals surface area contributed by atoms with Crippen LogP contribution in [-0.4, -0.2) is 10.8 Å². The van der Waals surface area contributed by atoms with Gasteiger partial charge < -0.3 is 5.73 Å². The second-order valence-corrected chi connectivity index (χ2v) is 2.94. The van der Waals surface area contributed by atoms with E-state index in [1.807, 2.05) is 0 Å². The average Bonchev–Trinajstić information content (AvgIpc) is 2.14. The zero-order chi connectivity index (χ0) is 10.6. The lowest BCUT2D eigenvalue weighted by atomic mass is 10.1. The van der Waals surface area contributed by atoms with Gasteiger partial charge in [-0.25, -0.2) is 0 Å². The molecule has 0 saturated heterocycles. The molecule has 0 aliphatic carbocycles. The molecule has 0 aliphatic rings. The maximum Gasteiger partial charge on any atom is 0.276 e. The van der Waals surface area contributed by atoms with E-state index < -0.39 is 4.92 Å². The highest BCUT2D eigenvalue weighted by molar-refractivity contribution is 6.19. The number of allylic oxidation sites excluding steroid dienone is 1. The van der Waals surface area contributed by atoms with Gasteiger partial charge in [0.2, 0.25) is 0 Å². The van der Waals surface area contributed by atoms with Gasteiger partial charge in [0.15, 0.2) is 0 Å². The Balaban J connectivity index is 3.15. The Morgan fingerprint density at radius 1 is 1.57 bits per heavy atom. The predicted octanol–water partition coefficient (Wildman–Crippen LogP) is 2.43. The number of benzene rings is 1. The molecule has 0 aromatic heterocycles. The third kappa shape index (κ3) is 2.47. The summed E-state index contributed by atoms with van der Waals surface area (Å²) in [6, 6.07) is 4.42. The molecule has 0 fully saturated rings. The van der Waals surface area contributed by atoms with Crippen LogP contribution < -0.4 is 5.73 Å². The molecule has 0 heterocycles. The first-order valence-corrected chi connectivity index (χ1v) is 4.45. The molecule has 0 atom stereocenters. The number of nitro benzene ring substituents is 1. The third-order valence-electron chi connectivity index (χ3n) is 1.63. The Kier molecular flexibility index (Phi) is 3.48. The van der Waals surface area contributed by atoms with Crippen molar-refractivity contribution in [2.75, 3.05) is 11.6 Å². The predicted molar refractivity (Wildman–Crippen MR) is 57.3 cm³/mol. The Morgan fingerprint density at radius 3 is 2.86 bits per heavy atom. The zero-order valence-corrected chi connectivity index (χ0v) is 8.07. The molecule has 0 bridgehead atoms. The van der Waals surface area contributed by atoms with Gasteiger partial charge in [-0.3, -0.25) is 10.1 Å². The van der Waals surface area contributed by atoms with Crippen molar-refractivity contribution >= 4 is 29.1 Å². The van der Waals surface area contributed by atoms with E-state index in [9.17, 15) is 10.1 Å². The molecule has 5 heteroatoms. The first-order valence-electron chi connectivity index (χ1n) is 3.91. The zero-order valence-electron chi connectivity index (χ0n) is 7.31. The highest BCUT2D eigenvalue weighted by Gasteiger charge is 2.10. The molecule has 1 aromatic carbocycles. The maximum absolute atomic E-state index is 10.6. The highest BCUT2D eigenvalue weighted by Crippen LogP contribution is 2.22. The standard InChI is InChI=1S/C9H9ClN2O2/c10-5-1-2-7-6-8(11)3-4-9(7)12(13)14/h1-4,6H,5,11H2. The number of anilines is 1. The fourth-order valence-corrected chi connectivity index (χ4v) is 1.13. The number of nitrogens with two attached hydrogens (primary N) is 1. The van der Waals surface area contributed by atoms with Crippen molar-refractivity contribution in [3.8, 4) is 0 Å². The Labute approximate surface area is 86.1 Å². The van der Waals surface area contributed by atoms with Crippen LogP contribution >= 0.6 is 11.6 Å². The molecule has 74 valence electrons. The van der Waals surface area contributed by atoms with E-state index in [2.05, 4.69) is 0 Å². The van der Waals surface area contributed by atoms with Gasteiger partial charge in [-0.2, -0.15) is 0 Å². The fourth-order valence-electron chi connectivity index (χ4n) is 1.04. The van der Waals surface area contributed by atoms with E-state index in [4.69, 9.17) is 17.3 Å². The van der Waals surface area contributed by atoms with Gasteiger partial charge in [0, 0.05) is 17.6 Å². The van der Waals surface area contributed by atoms with Gasteiger partial charge in [0.25, 0.3) is 5.69 Å². The fraction of sp³-hybridized carbons (Fsp3) is 0.111. The molecule has 4 nitrogen and oxygen atoms in total. The Morgan fingerprint density at radius 2 is 2.29 bits per heavy atom. The molecule has 0 unspecified atom stereocenters. The summed E-state index contributed by atoms with van der Waals surface area (Å²) in [5, 5.41) is 10.6. The largest absolute Gasteiger partial charge is 0.399 e. The summed E-state index contributed by atoms with van der Waals surface area (Å²) in [6.07, 6.45) is 3.21. The molecule has 1 rings (SSSR count). The SMILES string of the molecule is Nc1ccc([N+](=O)[O-])c(C=CCCl)c1. The number of hydrogen-bond acceptors (Lipinski definition) is 3. The molecule has 0 spiro atoms. The second-order valence-electron chi connectivity index (χ2n) is 2.63. The summed E-state index contributed by atoms with van der Waals surface area (Å²) < 4.78 is 0. The van der Waals surface area contributed by atoms with Crippen molar-refractivity contribution in [2.45, 2.75) is 0 Å². The minimum atomic E-state index is -0.451. The lowest BCUT2D eigenvalue weighted by Gasteiger charge is -1.98. The summed E-state index contributed by atoms with van der Waals surface area (Å²) >= 11 is 5.44. The van der Waals surface area contributed by atoms with E-state index in [1.54, 1.807) is 18.2 Å². The molecule has 0 amide bonds. The number of nitro groups is 1. The van der Waals surface area contributed by atoms with E-state index in [1.165, 1.54) is 12.1 Å². The molecular formula is C9H9ClN2O2. The number of nitrogen functional groups attached to an aromatic ring is 1. The Bertz CT molecular complexity index is 377. The van der Waals surface area contributed by atoms with Crippen LogP contribution in [0.2, 0.25) is 0 Å². The monoisotopic (exact) mass is 212 g/mol. The van der Waals surface area contributed by atoms with Crippen molar-refractivity contribution < 1.29 is 4.92 Å². The van der Waals surface area contributed by atoms with Crippen molar-refractivity contribution in [2.24, 2.45) is 0 Å². The summed E-state index contributed by atoms with van der Waals surface area (Å²) in [7, 11) is 0. The Hall–Kier alpha value is -1.55. The summed E-state index contributed by atoms with van der Waals surface area (Å²) in [6.45, 7) is 0. The van der Waals surface area contributed by atoms with Gasteiger partial charge in [-0.1, -0.05) is 12.2 Å². The number of hydrogen-bond donors (Lipinski definition) is 1. The van der Waals surface area contributed by atoms with E-state index >= 15 is 0 Å². The molecule has 0 radical (unpaired) electrons. The summed E-state index contributed by atoms with van der Waals surface area (Å²) in [4.78, 5) is 10.1. The number of rotatable bonds is 3. The van der Waals surface area contributed by atoms with Crippen molar-refractivity contribution in [3.05, 3.63) is 40.0 Å². The van der Waals surface area contributed by atoms with Crippen molar-refractivity contribution in [1.82, 2.24) is 0 Å². The van der Waals surface area contributed by atoms with Gasteiger partial charge in [0.05, 0.1) is 10.5 Å². The first-order chi connectivity index (χ1) is 6.65. The van der Waals surface area contributed by atoms with Crippen LogP contribution in [0.5, 0.6) is 0 Å². The summed E-state index contributed by atoms with van der Waals surface area (Å²) in [5.74, 6) is 0.311. The number of halogens is 1. The van der Waals surface area contributed by atoms with E-state index in [0.717, 1.165) is 0 Å². The lowest BCUT2D eigenvalue weighted by molar-refractivity contribution is -0.385. The molecule has 0 aliphatic heterocycles. The normalized spacial score (nSPS) is 10.6. The van der Waals surface area contributed by atoms with Gasteiger partial charge >= 0.3 is 0 Å². The second kappa shape index (κ2) is 4.62. The lowest BCUT2D eigenvalue weighted by Crippen LogP contribution is -1.93. The maximum atomic E-state index is 10.6. The highest BCUT2D eigenvalue weighted by atomic mass is 35.5. The third-order valence-corrected chi connectivity index (χ3v) is 1.81. The van der Waals surface area contributed by atoms with Crippen molar-refractivity contribution in [1.29, 1.82) is 0 Å². The van der Waals surface area contributed by atoms with Crippen LogP contribution in [0, 0.1) is 10.1 Å². The first kappa shape index (κ1) is 10.5. The van der Waals surface area contributed by atoms with Crippen molar-refractivity contribution in [3.63, 3.8) is 0 Å². The quantitative estimate of drug-likeness (QED) is 0.362. The molecular weight excluding hydrogens is 204 g/mol. The number of alkyl halides is 1. The van der Waals surface area contributed by atoms with Crippen LogP contribution in [0.4, 0.5) is 11.4 Å². The van der Waals surface area contributed by atoms with Crippen LogP contribution in [0.25, 0.3) is 6.08 Å². The molecule has 0 saturated carbocycles. The minimum absolute atomic E-state index is 0.0283. The smallest absolute Gasteiger partial charge is 0.276 e. The van der Waals surface area contributed by atoms with Crippen LogP contribution in [0.1, 0.15) is 5.56 Å². The average molecular weight is 213 g/mol. The van der Waals surface area contributed by atoms with Gasteiger partial charge in [-0.15, -0.1) is 11.6 Å².